The zero-order valence-electron chi connectivity index (χ0n) is 16.8. The van der Waals surface area contributed by atoms with E-state index in [9.17, 15) is 9.59 Å². The van der Waals surface area contributed by atoms with Gasteiger partial charge in [-0.1, -0.05) is 19.3 Å². The molecule has 1 saturated heterocycles. The minimum absolute atomic E-state index is 0.101. The minimum Gasteiger partial charge on any atom is -0.379 e. The van der Waals surface area contributed by atoms with Gasteiger partial charge in [-0.3, -0.25) is 15.0 Å². The molecule has 0 unspecified atom stereocenters. The molecule has 1 aliphatic heterocycles. The van der Waals surface area contributed by atoms with E-state index in [1.165, 1.54) is 19.3 Å². The molecular weight excluding hydrogens is 332 g/mol. The number of ether oxygens (including phenoxy) is 1. The number of carbonyl (C=O) groups is 2. The maximum atomic E-state index is 12.3. The maximum Gasteiger partial charge on any atom is 0.321 e. The molecule has 0 aromatic rings. The predicted molar refractivity (Wildman–Crippen MR) is 102 cm³/mol. The Hall–Kier alpha value is -1.18. The summed E-state index contributed by atoms with van der Waals surface area (Å²) in [5.74, 6) is -0.292. The molecule has 0 radical (unpaired) electrons. The zero-order chi connectivity index (χ0) is 19.2. The number of nitrogens with zero attached hydrogens (tertiary/aromatic N) is 1. The van der Waals surface area contributed by atoms with Gasteiger partial charge in [0.05, 0.1) is 19.3 Å². The van der Waals surface area contributed by atoms with Crippen LogP contribution in [-0.4, -0.2) is 66.8 Å². The molecule has 3 N–H and O–H groups in total. The monoisotopic (exact) mass is 368 g/mol. The summed E-state index contributed by atoms with van der Waals surface area (Å²) in [6.45, 7) is 11.7. The Labute approximate surface area is 157 Å². The predicted octanol–water partition coefficient (Wildman–Crippen LogP) is 1.62. The number of amides is 3. The van der Waals surface area contributed by atoms with Gasteiger partial charge in [0, 0.05) is 30.7 Å². The smallest absolute Gasteiger partial charge is 0.321 e. The van der Waals surface area contributed by atoms with E-state index in [1.807, 2.05) is 27.7 Å². The van der Waals surface area contributed by atoms with Gasteiger partial charge in [-0.25, -0.2) is 4.79 Å². The van der Waals surface area contributed by atoms with Crippen molar-refractivity contribution in [2.24, 2.45) is 0 Å². The highest BCUT2D eigenvalue weighted by Crippen LogP contribution is 2.33. The molecule has 3 amide bonds. The average molecular weight is 369 g/mol. The number of nitrogens with one attached hydrogen (secondary N) is 3. The van der Waals surface area contributed by atoms with Crippen LogP contribution < -0.4 is 16.0 Å². The van der Waals surface area contributed by atoms with Crippen LogP contribution in [0.4, 0.5) is 4.79 Å². The highest BCUT2D eigenvalue weighted by molar-refractivity contribution is 5.97. The van der Waals surface area contributed by atoms with Crippen molar-refractivity contribution < 1.29 is 14.3 Å². The van der Waals surface area contributed by atoms with Crippen LogP contribution in [0.25, 0.3) is 0 Å². The number of imide groups is 1. The van der Waals surface area contributed by atoms with Gasteiger partial charge in [-0.15, -0.1) is 0 Å². The van der Waals surface area contributed by atoms with Gasteiger partial charge in [-0.05, 0) is 40.5 Å². The van der Waals surface area contributed by atoms with E-state index >= 15 is 0 Å². The van der Waals surface area contributed by atoms with Crippen molar-refractivity contribution in [2.45, 2.75) is 76.9 Å². The Morgan fingerprint density at radius 2 is 1.73 bits per heavy atom. The van der Waals surface area contributed by atoms with Crippen molar-refractivity contribution in [2.75, 3.05) is 32.8 Å². The fourth-order valence-corrected chi connectivity index (χ4v) is 3.88. The van der Waals surface area contributed by atoms with Crippen LogP contribution in [-0.2, 0) is 9.53 Å². The van der Waals surface area contributed by atoms with Gasteiger partial charge in [0.2, 0.25) is 5.91 Å². The molecule has 0 spiro atoms. The first-order valence-electron chi connectivity index (χ1n) is 9.91. The van der Waals surface area contributed by atoms with Gasteiger partial charge < -0.3 is 15.4 Å². The summed E-state index contributed by atoms with van der Waals surface area (Å²) in [7, 11) is 0. The maximum absolute atomic E-state index is 12.3. The molecule has 1 heterocycles. The second-order valence-corrected chi connectivity index (χ2v) is 8.68. The largest absolute Gasteiger partial charge is 0.379 e. The Morgan fingerprint density at radius 1 is 1.12 bits per heavy atom. The molecule has 150 valence electrons. The molecular formula is C19H36N4O3. The van der Waals surface area contributed by atoms with Crippen molar-refractivity contribution in [1.29, 1.82) is 0 Å². The van der Waals surface area contributed by atoms with Crippen molar-refractivity contribution >= 4 is 11.9 Å². The third-order valence-electron chi connectivity index (χ3n) is 5.32. The Morgan fingerprint density at radius 3 is 2.31 bits per heavy atom. The quantitative estimate of drug-likeness (QED) is 0.687. The summed E-state index contributed by atoms with van der Waals surface area (Å²) in [6.07, 6.45) is 6.05. The summed E-state index contributed by atoms with van der Waals surface area (Å²) >= 11 is 0. The topological polar surface area (TPSA) is 82.7 Å². The van der Waals surface area contributed by atoms with Crippen LogP contribution in [0.15, 0.2) is 0 Å². The van der Waals surface area contributed by atoms with Crippen LogP contribution in [0.3, 0.4) is 0 Å². The third-order valence-corrected chi connectivity index (χ3v) is 5.32. The summed E-state index contributed by atoms with van der Waals surface area (Å²) < 4.78 is 5.51. The number of hydrogen-bond acceptors (Lipinski definition) is 5. The molecule has 7 nitrogen and oxygen atoms in total. The lowest BCUT2D eigenvalue weighted by molar-refractivity contribution is -0.122. The van der Waals surface area contributed by atoms with Crippen LogP contribution in [0, 0.1) is 0 Å². The molecule has 0 aromatic carbocycles. The fraction of sp³-hybridized carbons (Fsp3) is 0.895. The third kappa shape index (κ3) is 6.21. The van der Waals surface area contributed by atoms with E-state index in [2.05, 4.69) is 20.9 Å². The molecule has 7 heteroatoms. The van der Waals surface area contributed by atoms with Gasteiger partial charge in [-0.2, -0.15) is 0 Å². The van der Waals surface area contributed by atoms with Gasteiger partial charge in [0.25, 0.3) is 0 Å². The Kier molecular flexibility index (Phi) is 7.43. The molecule has 1 aliphatic carbocycles. The first kappa shape index (κ1) is 21.1. The van der Waals surface area contributed by atoms with Crippen molar-refractivity contribution in [3.8, 4) is 0 Å². The molecule has 2 fully saturated rings. The second-order valence-electron chi connectivity index (χ2n) is 8.68. The highest BCUT2D eigenvalue weighted by Gasteiger charge is 2.39. The molecule has 2 rings (SSSR count). The lowest BCUT2D eigenvalue weighted by Gasteiger charge is -2.48. The van der Waals surface area contributed by atoms with E-state index in [0.29, 0.717) is 0 Å². The molecule has 1 atom stereocenters. The lowest BCUT2D eigenvalue weighted by Crippen LogP contribution is -2.61. The highest BCUT2D eigenvalue weighted by atomic mass is 16.5. The average Bonchev–Trinajstić information content (AvgIpc) is 2.59. The summed E-state index contributed by atoms with van der Waals surface area (Å²) in [5.41, 5.74) is -0.270. The van der Waals surface area contributed by atoms with E-state index in [0.717, 1.165) is 45.7 Å². The van der Waals surface area contributed by atoms with Crippen molar-refractivity contribution in [3.05, 3.63) is 0 Å². The summed E-state index contributed by atoms with van der Waals surface area (Å²) in [5, 5.41) is 8.56. The van der Waals surface area contributed by atoms with Crippen LogP contribution in [0.2, 0.25) is 0 Å². The number of urea groups is 1. The van der Waals surface area contributed by atoms with Crippen molar-refractivity contribution in [1.82, 2.24) is 20.9 Å². The molecule has 26 heavy (non-hydrogen) atoms. The number of hydrogen-bond donors (Lipinski definition) is 3. The van der Waals surface area contributed by atoms with E-state index in [1.54, 1.807) is 0 Å². The molecule has 0 aromatic heterocycles. The lowest BCUT2D eigenvalue weighted by atomic mass is 9.79. The van der Waals surface area contributed by atoms with Gasteiger partial charge in [0.15, 0.2) is 0 Å². The fourth-order valence-electron chi connectivity index (χ4n) is 3.88. The Balaban J connectivity index is 1.88. The van der Waals surface area contributed by atoms with Crippen molar-refractivity contribution in [3.63, 3.8) is 0 Å². The molecule has 1 saturated carbocycles. The summed E-state index contributed by atoms with van der Waals surface area (Å²) in [4.78, 5) is 26.8. The van der Waals surface area contributed by atoms with Crippen LogP contribution >= 0.6 is 0 Å². The standard InChI is InChI=1S/C19H36N4O3/c1-15(16(24)21-17(25)22-18(2,3)4)20-14-19(8-6-5-7-9-19)23-10-12-26-13-11-23/h15,20H,5-14H2,1-4H3,(H2,21,22,24,25)/t15-/m0/s1. The molecule has 0 bridgehead atoms. The SMILES string of the molecule is C[C@H](NCC1(N2CCOCC2)CCCCC1)C(=O)NC(=O)NC(C)(C)C. The van der Waals surface area contributed by atoms with Gasteiger partial charge >= 0.3 is 6.03 Å². The first-order valence-corrected chi connectivity index (χ1v) is 9.91. The first-order chi connectivity index (χ1) is 12.2. The number of rotatable bonds is 5. The van der Waals surface area contributed by atoms with E-state index in [4.69, 9.17) is 4.74 Å². The minimum atomic E-state index is -0.447. The summed E-state index contributed by atoms with van der Waals surface area (Å²) in [6, 6.07) is -0.864. The number of carbonyl (C=O) groups excluding carboxylic acids is 2. The molecule has 2 aliphatic rings. The number of morpholine rings is 1. The second kappa shape index (κ2) is 9.15. The van der Waals surface area contributed by atoms with E-state index in [-0.39, 0.29) is 17.0 Å². The van der Waals surface area contributed by atoms with Crippen LogP contribution in [0.5, 0.6) is 0 Å². The van der Waals surface area contributed by atoms with Crippen LogP contribution in [0.1, 0.15) is 59.8 Å². The Bertz CT molecular complexity index is 478. The van der Waals surface area contributed by atoms with Gasteiger partial charge in [0.1, 0.15) is 0 Å². The normalized spacial score (nSPS) is 22.5. The zero-order valence-corrected chi connectivity index (χ0v) is 16.8. The van der Waals surface area contributed by atoms with E-state index < -0.39 is 12.1 Å².